The number of carbonyl (C=O) groups excluding carboxylic acids is 1. The third-order valence-corrected chi connectivity index (χ3v) is 5.44. The molecule has 0 saturated heterocycles. The second-order valence-electron chi connectivity index (χ2n) is 5.66. The Morgan fingerprint density at radius 3 is 2.72 bits per heavy atom. The first-order chi connectivity index (χ1) is 12.0. The maximum Gasteiger partial charge on any atom is 0.248 e. The van der Waals surface area contributed by atoms with E-state index in [9.17, 15) is 4.79 Å². The van der Waals surface area contributed by atoms with Crippen molar-refractivity contribution < 1.29 is 4.79 Å². The first-order valence-electron chi connectivity index (χ1n) is 7.58. The molecule has 25 heavy (non-hydrogen) atoms. The van der Waals surface area contributed by atoms with Crippen molar-refractivity contribution in [1.82, 2.24) is 14.8 Å². The van der Waals surface area contributed by atoms with Crippen LogP contribution in [0.25, 0.3) is 10.7 Å². The van der Waals surface area contributed by atoms with Crippen LogP contribution in [0.2, 0.25) is 0 Å². The van der Waals surface area contributed by atoms with Crippen LogP contribution in [0.15, 0.2) is 57.5 Å². The van der Waals surface area contributed by atoms with Gasteiger partial charge in [0.15, 0.2) is 5.82 Å². The van der Waals surface area contributed by atoms with Crippen LogP contribution in [0, 0.1) is 0 Å². The molecule has 3 N–H and O–H groups in total. The number of hydrogen-bond acceptors (Lipinski definition) is 5. The first kappa shape index (κ1) is 16.0. The molecule has 0 bridgehead atoms. The van der Waals surface area contributed by atoms with Crippen molar-refractivity contribution in [3.63, 3.8) is 0 Å². The van der Waals surface area contributed by atoms with Gasteiger partial charge in [-0.3, -0.25) is 4.79 Å². The van der Waals surface area contributed by atoms with Gasteiger partial charge in [0.2, 0.25) is 11.9 Å². The van der Waals surface area contributed by atoms with Crippen molar-refractivity contribution in [2.45, 2.75) is 13.0 Å². The Bertz CT molecular complexity index is 975. The SMILES string of the molecule is CC1=C(C(N)=O)C(c2ccc(Br)cc2)n2nc(-c3cccs3)nc2N1. The fourth-order valence-corrected chi connectivity index (χ4v) is 3.85. The Labute approximate surface area is 156 Å². The number of nitrogens with zero attached hydrogens (tertiary/aromatic N) is 3. The summed E-state index contributed by atoms with van der Waals surface area (Å²) >= 11 is 5.01. The number of anilines is 1. The number of nitrogens with two attached hydrogens (primary N) is 1. The van der Waals surface area contributed by atoms with Crippen LogP contribution in [0.3, 0.4) is 0 Å². The van der Waals surface area contributed by atoms with Gasteiger partial charge in [0.1, 0.15) is 6.04 Å². The maximum absolute atomic E-state index is 12.1. The number of amides is 1. The summed E-state index contributed by atoms with van der Waals surface area (Å²) in [7, 11) is 0. The average molecular weight is 416 g/mol. The summed E-state index contributed by atoms with van der Waals surface area (Å²) in [6.07, 6.45) is 0. The molecule has 1 amide bonds. The van der Waals surface area contributed by atoms with Crippen molar-refractivity contribution in [3.8, 4) is 10.7 Å². The first-order valence-corrected chi connectivity index (χ1v) is 9.25. The average Bonchev–Trinajstić information content (AvgIpc) is 3.23. The lowest BCUT2D eigenvalue weighted by Gasteiger charge is -2.27. The number of primary amides is 1. The number of hydrogen-bond donors (Lipinski definition) is 2. The molecule has 4 rings (SSSR count). The van der Waals surface area contributed by atoms with Crippen LogP contribution in [0.5, 0.6) is 0 Å². The minimum absolute atomic E-state index is 0.414. The van der Waals surface area contributed by atoms with Gasteiger partial charge in [-0.15, -0.1) is 16.4 Å². The van der Waals surface area contributed by atoms with E-state index >= 15 is 0 Å². The third-order valence-electron chi connectivity index (χ3n) is 4.05. The number of aromatic nitrogens is 3. The Morgan fingerprint density at radius 2 is 2.08 bits per heavy atom. The van der Waals surface area contributed by atoms with Crippen molar-refractivity contribution in [3.05, 3.63) is 63.1 Å². The predicted molar refractivity (Wildman–Crippen MR) is 101 cm³/mol. The molecule has 1 unspecified atom stereocenters. The van der Waals surface area contributed by atoms with Crippen LogP contribution in [0.1, 0.15) is 18.5 Å². The molecule has 0 saturated carbocycles. The molecule has 1 aromatic carbocycles. The molecule has 1 aliphatic heterocycles. The summed E-state index contributed by atoms with van der Waals surface area (Å²) in [4.78, 5) is 17.7. The van der Waals surface area contributed by atoms with Crippen LogP contribution in [-0.2, 0) is 4.79 Å². The number of allylic oxidation sites excluding steroid dienone is 1. The fourth-order valence-electron chi connectivity index (χ4n) is 2.93. The molecule has 2 aromatic heterocycles. The van der Waals surface area contributed by atoms with Crippen molar-refractivity contribution in [2.24, 2.45) is 5.73 Å². The zero-order valence-electron chi connectivity index (χ0n) is 13.2. The van der Waals surface area contributed by atoms with Crippen LogP contribution < -0.4 is 11.1 Å². The third kappa shape index (κ3) is 2.77. The Morgan fingerprint density at radius 1 is 1.32 bits per heavy atom. The molecule has 6 nitrogen and oxygen atoms in total. The monoisotopic (exact) mass is 415 g/mol. The lowest BCUT2D eigenvalue weighted by Crippen LogP contribution is -2.31. The van der Waals surface area contributed by atoms with Crippen LogP contribution in [0.4, 0.5) is 5.95 Å². The number of benzene rings is 1. The van der Waals surface area contributed by atoms with Crippen molar-refractivity contribution >= 4 is 39.1 Å². The van der Waals surface area contributed by atoms with E-state index in [1.165, 1.54) is 0 Å². The second kappa shape index (κ2) is 6.12. The molecule has 0 fully saturated rings. The van der Waals surface area contributed by atoms with E-state index in [-0.39, 0.29) is 0 Å². The van der Waals surface area contributed by atoms with E-state index in [0.717, 1.165) is 14.9 Å². The molecule has 3 aromatic rings. The standard InChI is InChI=1S/C17H14BrN5OS/c1-9-13(15(19)24)14(10-4-6-11(18)7-5-10)23-17(20-9)21-16(22-23)12-3-2-8-25-12/h2-8,14H,1H3,(H2,19,24)(H,20,21,22). The van der Waals surface area contributed by atoms with Gasteiger partial charge in [-0.1, -0.05) is 34.1 Å². The summed E-state index contributed by atoms with van der Waals surface area (Å²) in [6, 6.07) is 11.3. The molecule has 1 aliphatic rings. The Kier molecular flexibility index (Phi) is 3.93. The van der Waals surface area contributed by atoms with Crippen molar-refractivity contribution in [1.29, 1.82) is 0 Å². The molecule has 8 heteroatoms. The quantitative estimate of drug-likeness (QED) is 0.684. The lowest BCUT2D eigenvalue weighted by atomic mass is 9.95. The predicted octanol–water partition coefficient (Wildman–Crippen LogP) is 3.54. The molecule has 0 spiro atoms. The molecule has 0 radical (unpaired) electrons. The van der Waals surface area contributed by atoms with Gasteiger partial charge < -0.3 is 11.1 Å². The maximum atomic E-state index is 12.1. The zero-order chi connectivity index (χ0) is 17.6. The number of nitrogens with one attached hydrogen (secondary N) is 1. The molecular weight excluding hydrogens is 402 g/mol. The van der Waals surface area contributed by atoms with Gasteiger partial charge in [0.05, 0.1) is 10.5 Å². The summed E-state index contributed by atoms with van der Waals surface area (Å²) in [5.41, 5.74) is 7.76. The Balaban J connectivity index is 1.89. The number of thiophene rings is 1. The highest BCUT2D eigenvalue weighted by Crippen LogP contribution is 2.36. The lowest BCUT2D eigenvalue weighted by molar-refractivity contribution is -0.115. The van der Waals surface area contributed by atoms with Crippen LogP contribution >= 0.6 is 27.3 Å². The largest absolute Gasteiger partial charge is 0.366 e. The fraction of sp³-hybridized carbons (Fsp3) is 0.118. The van der Waals surface area contributed by atoms with Gasteiger partial charge in [-0.2, -0.15) is 4.98 Å². The minimum atomic E-state index is -0.475. The topological polar surface area (TPSA) is 85.8 Å². The van der Waals surface area contributed by atoms with E-state index in [4.69, 9.17) is 5.73 Å². The number of halogens is 1. The zero-order valence-corrected chi connectivity index (χ0v) is 15.6. The van der Waals surface area contributed by atoms with E-state index in [0.29, 0.717) is 23.0 Å². The molecular formula is C17H14BrN5OS. The summed E-state index contributed by atoms with van der Waals surface area (Å²) in [5.74, 6) is 0.744. The highest BCUT2D eigenvalue weighted by Gasteiger charge is 2.33. The van der Waals surface area contributed by atoms with E-state index in [1.807, 2.05) is 48.7 Å². The van der Waals surface area contributed by atoms with Gasteiger partial charge in [0.25, 0.3) is 0 Å². The van der Waals surface area contributed by atoms with E-state index in [2.05, 4.69) is 31.3 Å². The highest BCUT2D eigenvalue weighted by atomic mass is 79.9. The van der Waals surface area contributed by atoms with Crippen LogP contribution in [-0.4, -0.2) is 20.7 Å². The molecule has 1 atom stereocenters. The Hall–Kier alpha value is -2.45. The van der Waals surface area contributed by atoms with E-state index < -0.39 is 11.9 Å². The number of fused-ring (bicyclic) bond motifs is 1. The summed E-state index contributed by atoms with van der Waals surface area (Å²) < 4.78 is 2.69. The highest BCUT2D eigenvalue weighted by molar-refractivity contribution is 9.10. The van der Waals surface area contributed by atoms with Gasteiger partial charge in [0, 0.05) is 10.2 Å². The molecule has 0 aliphatic carbocycles. The smallest absolute Gasteiger partial charge is 0.248 e. The minimum Gasteiger partial charge on any atom is -0.366 e. The van der Waals surface area contributed by atoms with Gasteiger partial charge >= 0.3 is 0 Å². The molecule has 3 heterocycles. The van der Waals surface area contributed by atoms with E-state index in [1.54, 1.807) is 16.0 Å². The van der Waals surface area contributed by atoms with Crippen molar-refractivity contribution in [2.75, 3.05) is 5.32 Å². The molecule has 126 valence electrons. The summed E-state index contributed by atoms with van der Waals surface area (Å²) in [6.45, 7) is 1.83. The van der Waals surface area contributed by atoms with Gasteiger partial charge in [-0.25, -0.2) is 4.68 Å². The number of rotatable bonds is 3. The van der Waals surface area contributed by atoms with Gasteiger partial charge in [-0.05, 0) is 36.1 Å². The second-order valence-corrected chi connectivity index (χ2v) is 7.53. The summed E-state index contributed by atoms with van der Waals surface area (Å²) in [5, 5.41) is 9.77. The normalized spacial score (nSPS) is 16.5. The number of carbonyl (C=O) groups is 1.